The van der Waals surface area contributed by atoms with Gasteiger partial charge in [0.15, 0.2) is 0 Å². The van der Waals surface area contributed by atoms with Gasteiger partial charge in [0.2, 0.25) is 0 Å². The second-order valence-electron chi connectivity index (χ2n) is 3.88. The number of benzene rings is 2. The van der Waals surface area contributed by atoms with E-state index in [0.717, 1.165) is 17.0 Å². The van der Waals surface area contributed by atoms with Gasteiger partial charge in [-0.1, -0.05) is 12.1 Å². The molecule has 2 aromatic rings. The molecule has 0 saturated carbocycles. The molecule has 0 aliphatic heterocycles. The van der Waals surface area contributed by atoms with E-state index >= 15 is 0 Å². The van der Waals surface area contributed by atoms with Crippen LogP contribution in [0, 0.1) is 5.82 Å². The Bertz CT molecular complexity index is 735. The molecule has 0 bridgehead atoms. The fraction of sp³-hybridized carbons (Fsp3) is 0.0769. The number of nitrogens with one attached hydrogen (secondary N) is 1. The summed E-state index contributed by atoms with van der Waals surface area (Å²) in [4.78, 5) is 0.809. The summed E-state index contributed by atoms with van der Waals surface area (Å²) in [6, 6.07) is 10.5. The van der Waals surface area contributed by atoms with Crippen molar-refractivity contribution in [3.05, 3.63) is 52.8 Å². The highest BCUT2D eigenvalue weighted by Gasteiger charge is 2.19. The van der Waals surface area contributed by atoms with Crippen LogP contribution in [0.5, 0.6) is 0 Å². The molecule has 0 aliphatic rings. The average molecular weight is 376 g/mol. The van der Waals surface area contributed by atoms with E-state index in [9.17, 15) is 12.8 Å². The predicted molar refractivity (Wildman–Crippen MR) is 83.1 cm³/mol. The van der Waals surface area contributed by atoms with E-state index in [2.05, 4.69) is 20.7 Å². The number of halogens is 2. The lowest BCUT2D eigenvalue weighted by molar-refractivity contribution is 0.599. The second-order valence-corrected chi connectivity index (χ2v) is 7.23. The fourth-order valence-corrected chi connectivity index (χ4v) is 4.37. The molecule has 7 heteroatoms. The Morgan fingerprint density at radius 1 is 1.20 bits per heavy atom. The van der Waals surface area contributed by atoms with Crippen molar-refractivity contribution in [3.8, 4) is 0 Å². The number of anilines is 1. The minimum absolute atomic E-state index is 0.00481. The fourth-order valence-electron chi connectivity index (χ4n) is 1.62. The molecule has 0 heterocycles. The molecular weight excluding hydrogens is 365 g/mol. The Balaban J connectivity index is 2.41. The van der Waals surface area contributed by atoms with Gasteiger partial charge in [0.25, 0.3) is 10.0 Å². The zero-order valence-corrected chi connectivity index (χ0v) is 13.6. The van der Waals surface area contributed by atoms with Crippen molar-refractivity contribution >= 4 is 43.4 Å². The van der Waals surface area contributed by atoms with E-state index < -0.39 is 15.8 Å². The first kappa shape index (κ1) is 15.3. The maximum absolute atomic E-state index is 13.0. The van der Waals surface area contributed by atoms with Gasteiger partial charge < -0.3 is 0 Å². The lowest BCUT2D eigenvalue weighted by Gasteiger charge is -2.12. The van der Waals surface area contributed by atoms with Gasteiger partial charge in [0.05, 0.1) is 5.69 Å². The summed E-state index contributed by atoms with van der Waals surface area (Å²) in [6.45, 7) is 0. The van der Waals surface area contributed by atoms with Crippen LogP contribution in [0.1, 0.15) is 0 Å². The molecule has 1 N–H and O–H groups in total. The molecule has 0 spiro atoms. The SMILES string of the molecule is CSc1ccccc1NS(=O)(=O)c1ccc(F)cc1Br. The summed E-state index contributed by atoms with van der Waals surface area (Å²) in [7, 11) is -3.77. The third kappa shape index (κ3) is 3.34. The number of hydrogen-bond acceptors (Lipinski definition) is 3. The van der Waals surface area contributed by atoms with Crippen LogP contribution in [0.2, 0.25) is 0 Å². The highest BCUT2D eigenvalue weighted by atomic mass is 79.9. The normalized spacial score (nSPS) is 11.3. The number of para-hydroxylation sites is 1. The molecule has 0 aromatic heterocycles. The summed E-state index contributed by atoms with van der Waals surface area (Å²) in [5, 5.41) is 0. The Hall–Kier alpha value is -1.05. The predicted octanol–water partition coefficient (Wildman–Crippen LogP) is 4.11. The molecule has 0 unspecified atom stereocenters. The van der Waals surface area contributed by atoms with Crippen molar-refractivity contribution < 1.29 is 12.8 Å². The van der Waals surface area contributed by atoms with E-state index in [0.29, 0.717) is 5.69 Å². The molecule has 20 heavy (non-hydrogen) atoms. The van der Waals surface area contributed by atoms with Crippen LogP contribution in [0.4, 0.5) is 10.1 Å². The number of sulfonamides is 1. The van der Waals surface area contributed by atoms with E-state index in [1.807, 2.05) is 18.4 Å². The zero-order valence-electron chi connectivity index (χ0n) is 10.4. The summed E-state index contributed by atoms with van der Waals surface area (Å²) < 4.78 is 40.4. The van der Waals surface area contributed by atoms with Gasteiger partial charge in [-0.3, -0.25) is 4.72 Å². The topological polar surface area (TPSA) is 46.2 Å². The molecule has 3 nitrogen and oxygen atoms in total. The molecule has 0 fully saturated rings. The van der Waals surface area contributed by atoms with Crippen molar-refractivity contribution in [1.82, 2.24) is 0 Å². The van der Waals surface area contributed by atoms with Crippen molar-refractivity contribution in [1.29, 1.82) is 0 Å². The molecule has 2 aromatic carbocycles. The largest absolute Gasteiger partial charge is 0.278 e. The van der Waals surface area contributed by atoms with Crippen molar-refractivity contribution in [2.45, 2.75) is 9.79 Å². The van der Waals surface area contributed by atoms with Crippen LogP contribution < -0.4 is 4.72 Å². The van der Waals surface area contributed by atoms with Crippen LogP contribution in [0.15, 0.2) is 56.7 Å². The monoisotopic (exact) mass is 375 g/mol. The molecular formula is C13H11BrFNO2S2. The van der Waals surface area contributed by atoms with Crippen LogP contribution in [0.25, 0.3) is 0 Å². The van der Waals surface area contributed by atoms with E-state index in [4.69, 9.17) is 0 Å². The lowest BCUT2D eigenvalue weighted by atomic mass is 10.3. The third-order valence-corrected chi connectivity index (χ3v) is 5.67. The van der Waals surface area contributed by atoms with Gasteiger partial charge in [0.1, 0.15) is 10.7 Å². The highest BCUT2D eigenvalue weighted by Crippen LogP contribution is 2.29. The zero-order chi connectivity index (χ0) is 14.8. The number of thioether (sulfide) groups is 1. The molecule has 0 radical (unpaired) electrons. The van der Waals surface area contributed by atoms with E-state index in [1.54, 1.807) is 12.1 Å². The van der Waals surface area contributed by atoms with Crippen LogP contribution in [0.3, 0.4) is 0 Å². The van der Waals surface area contributed by atoms with Crippen molar-refractivity contribution in [2.75, 3.05) is 11.0 Å². The molecule has 106 valence electrons. The van der Waals surface area contributed by atoms with Gasteiger partial charge in [-0.15, -0.1) is 11.8 Å². The second kappa shape index (κ2) is 6.15. The van der Waals surface area contributed by atoms with E-state index in [1.165, 1.54) is 17.8 Å². The maximum atomic E-state index is 13.0. The van der Waals surface area contributed by atoms with Gasteiger partial charge in [-0.2, -0.15) is 0 Å². The quantitative estimate of drug-likeness (QED) is 0.817. The van der Waals surface area contributed by atoms with Gasteiger partial charge >= 0.3 is 0 Å². The lowest BCUT2D eigenvalue weighted by Crippen LogP contribution is -2.14. The number of rotatable bonds is 4. The van der Waals surface area contributed by atoms with Gasteiger partial charge in [-0.05, 0) is 52.5 Å². The van der Waals surface area contributed by atoms with E-state index in [-0.39, 0.29) is 9.37 Å². The summed E-state index contributed by atoms with van der Waals surface area (Å²) in [6.07, 6.45) is 1.86. The molecule has 2 rings (SSSR count). The third-order valence-electron chi connectivity index (χ3n) is 2.53. The minimum atomic E-state index is -3.77. The summed E-state index contributed by atoms with van der Waals surface area (Å²) in [5.74, 6) is -0.500. The van der Waals surface area contributed by atoms with Gasteiger partial charge in [-0.25, -0.2) is 12.8 Å². The highest BCUT2D eigenvalue weighted by molar-refractivity contribution is 9.10. The Morgan fingerprint density at radius 3 is 2.55 bits per heavy atom. The smallest absolute Gasteiger partial charge is 0.263 e. The molecule has 0 amide bonds. The molecule has 0 atom stereocenters. The molecule has 0 aliphatic carbocycles. The number of hydrogen-bond donors (Lipinski definition) is 1. The maximum Gasteiger partial charge on any atom is 0.263 e. The summed E-state index contributed by atoms with van der Waals surface area (Å²) >= 11 is 4.51. The first-order valence-electron chi connectivity index (χ1n) is 5.55. The van der Waals surface area contributed by atoms with Crippen LogP contribution >= 0.6 is 27.7 Å². The first-order valence-corrected chi connectivity index (χ1v) is 9.05. The minimum Gasteiger partial charge on any atom is -0.278 e. The Labute approximate surface area is 129 Å². The van der Waals surface area contributed by atoms with Crippen LogP contribution in [-0.4, -0.2) is 14.7 Å². The summed E-state index contributed by atoms with van der Waals surface area (Å²) in [5.41, 5.74) is 0.497. The Morgan fingerprint density at radius 2 is 1.90 bits per heavy atom. The average Bonchev–Trinajstić information content (AvgIpc) is 2.38. The standard InChI is InChI=1S/C13H11BrFNO2S2/c1-19-12-5-3-2-4-11(12)16-20(17,18)13-7-6-9(15)8-10(13)14/h2-8,16H,1H3. The van der Waals surface area contributed by atoms with Gasteiger partial charge in [0, 0.05) is 9.37 Å². The van der Waals surface area contributed by atoms with Crippen molar-refractivity contribution in [2.24, 2.45) is 0 Å². The Kier molecular flexibility index (Phi) is 4.72. The van der Waals surface area contributed by atoms with Crippen molar-refractivity contribution in [3.63, 3.8) is 0 Å². The first-order chi connectivity index (χ1) is 9.44. The van der Waals surface area contributed by atoms with Crippen LogP contribution in [-0.2, 0) is 10.0 Å². The molecule has 0 saturated heterocycles.